The summed E-state index contributed by atoms with van der Waals surface area (Å²) < 4.78 is 5.04. The summed E-state index contributed by atoms with van der Waals surface area (Å²) in [7, 11) is 0. The predicted molar refractivity (Wildman–Crippen MR) is 57.3 cm³/mol. The predicted octanol–water partition coefficient (Wildman–Crippen LogP) is 1.53. The number of amides is 1. The summed E-state index contributed by atoms with van der Waals surface area (Å²) in [6.07, 6.45) is 2.15. The van der Waals surface area contributed by atoms with E-state index < -0.39 is 5.60 Å². The molecule has 1 aliphatic carbocycles. The van der Waals surface area contributed by atoms with Crippen LogP contribution in [0.2, 0.25) is 5.22 Å². The van der Waals surface area contributed by atoms with Crippen molar-refractivity contribution in [1.29, 1.82) is 0 Å². The monoisotopic (exact) mass is 241 g/mol. The van der Waals surface area contributed by atoms with Crippen LogP contribution in [0.3, 0.4) is 0 Å². The molecule has 0 bridgehead atoms. The van der Waals surface area contributed by atoms with Crippen LogP contribution in [0.5, 0.6) is 0 Å². The molecule has 2 heterocycles. The Labute approximate surface area is 97.8 Å². The number of likely N-dealkylation sites (tertiary alicyclic amines) is 1. The Bertz CT molecular complexity index is 432. The highest BCUT2D eigenvalue weighted by Crippen LogP contribution is 2.44. The number of rotatable bonds is 2. The number of aliphatic hydroxyl groups is 1. The SMILES string of the molecule is O=C(c1ccc(Cl)o1)N1CC(O)(C2CC2)C1. The molecular weight excluding hydrogens is 230 g/mol. The van der Waals surface area contributed by atoms with Crippen LogP contribution in [0.4, 0.5) is 0 Å². The number of β-amino-alcohol motifs (C(OH)–C–C–N with tert-alkyl or cyclic N) is 1. The first-order valence-electron chi connectivity index (χ1n) is 5.35. The van der Waals surface area contributed by atoms with Gasteiger partial charge in [-0.3, -0.25) is 4.79 Å². The lowest BCUT2D eigenvalue weighted by molar-refractivity contribution is -0.0965. The van der Waals surface area contributed by atoms with E-state index in [0.29, 0.717) is 19.0 Å². The third-order valence-corrected chi connectivity index (χ3v) is 3.54. The van der Waals surface area contributed by atoms with Crippen LogP contribution in [0.25, 0.3) is 0 Å². The van der Waals surface area contributed by atoms with Gasteiger partial charge in [0.15, 0.2) is 11.0 Å². The van der Waals surface area contributed by atoms with Gasteiger partial charge in [0.2, 0.25) is 0 Å². The van der Waals surface area contributed by atoms with Crippen molar-refractivity contribution in [2.45, 2.75) is 18.4 Å². The molecule has 1 amide bonds. The van der Waals surface area contributed by atoms with Crippen molar-refractivity contribution in [2.24, 2.45) is 5.92 Å². The van der Waals surface area contributed by atoms with Gasteiger partial charge in [0.1, 0.15) is 5.60 Å². The molecule has 5 heteroatoms. The molecule has 1 N–H and O–H groups in total. The smallest absolute Gasteiger partial charge is 0.289 e. The number of hydrogen-bond acceptors (Lipinski definition) is 3. The third-order valence-electron chi connectivity index (χ3n) is 3.34. The first-order valence-corrected chi connectivity index (χ1v) is 5.73. The quantitative estimate of drug-likeness (QED) is 0.854. The molecule has 1 saturated heterocycles. The maximum atomic E-state index is 11.8. The molecule has 4 nitrogen and oxygen atoms in total. The zero-order chi connectivity index (χ0) is 11.3. The number of carbonyl (C=O) groups excluding carboxylic acids is 1. The molecule has 0 unspecified atom stereocenters. The molecule has 2 fully saturated rings. The molecule has 3 rings (SSSR count). The van der Waals surface area contributed by atoms with Crippen molar-refractivity contribution in [3.05, 3.63) is 23.1 Å². The van der Waals surface area contributed by atoms with E-state index in [2.05, 4.69) is 0 Å². The van der Waals surface area contributed by atoms with Crippen LogP contribution < -0.4 is 0 Å². The summed E-state index contributed by atoms with van der Waals surface area (Å²) in [5.74, 6) is 0.428. The van der Waals surface area contributed by atoms with E-state index in [1.54, 1.807) is 17.0 Å². The number of halogens is 1. The second-order valence-corrected chi connectivity index (χ2v) is 5.02. The minimum atomic E-state index is -0.647. The summed E-state index contributed by atoms with van der Waals surface area (Å²) in [4.78, 5) is 13.4. The van der Waals surface area contributed by atoms with Crippen molar-refractivity contribution in [1.82, 2.24) is 4.90 Å². The molecule has 86 valence electrons. The molecular formula is C11H12ClNO3. The Balaban J connectivity index is 1.66. The molecule has 1 aliphatic heterocycles. The second kappa shape index (κ2) is 3.25. The fraction of sp³-hybridized carbons (Fsp3) is 0.545. The third kappa shape index (κ3) is 1.53. The lowest BCUT2D eigenvalue weighted by Crippen LogP contribution is -2.64. The lowest BCUT2D eigenvalue weighted by atomic mass is 9.88. The summed E-state index contributed by atoms with van der Waals surface area (Å²) in [6, 6.07) is 3.10. The highest BCUT2D eigenvalue weighted by Gasteiger charge is 2.53. The average Bonchev–Trinajstić information content (AvgIpc) is 2.96. The Morgan fingerprint density at radius 1 is 1.50 bits per heavy atom. The van der Waals surface area contributed by atoms with E-state index in [1.165, 1.54) is 0 Å². The molecule has 1 saturated carbocycles. The Morgan fingerprint density at radius 2 is 2.19 bits per heavy atom. The van der Waals surface area contributed by atoms with Crippen LogP contribution >= 0.6 is 11.6 Å². The van der Waals surface area contributed by atoms with Gasteiger partial charge in [-0.25, -0.2) is 0 Å². The molecule has 2 aliphatic rings. The summed E-state index contributed by atoms with van der Waals surface area (Å²) in [6.45, 7) is 0.823. The minimum absolute atomic E-state index is 0.197. The molecule has 0 radical (unpaired) electrons. The normalized spacial score (nSPS) is 23.0. The molecule has 1 aromatic rings. The molecule has 0 aromatic carbocycles. The van der Waals surface area contributed by atoms with Gasteiger partial charge in [-0.2, -0.15) is 0 Å². The van der Waals surface area contributed by atoms with E-state index in [1.807, 2.05) is 0 Å². The van der Waals surface area contributed by atoms with Gasteiger partial charge in [-0.1, -0.05) is 0 Å². The van der Waals surface area contributed by atoms with Crippen LogP contribution in [0.1, 0.15) is 23.4 Å². The van der Waals surface area contributed by atoms with Crippen LogP contribution in [0.15, 0.2) is 16.5 Å². The fourth-order valence-electron chi connectivity index (χ4n) is 2.22. The van der Waals surface area contributed by atoms with Gasteiger partial charge in [-0.05, 0) is 42.5 Å². The van der Waals surface area contributed by atoms with Gasteiger partial charge in [0.05, 0.1) is 13.1 Å². The zero-order valence-electron chi connectivity index (χ0n) is 8.65. The second-order valence-electron chi connectivity index (χ2n) is 4.64. The highest BCUT2D eigenvalue weighted by atomic mass is 35.5. The maximum absolute atomic E-state index is 11.8. The Hall–Kier alpha value is -1.00. The molecule has 1 aromatic heterocycles. The number of carbonyl (C=O) groups is 1. The van der Waals surface area contributed by atoms with Crippen molar-refractivity contribution < 1.29 is 14.3 Å². The Kier molecular flexibility index (Phi) is 2.06. The average molecular weight is 242 g/mol. The molecule has 16 heavy (non-hydrogen) atoms. The molecule has 0 atom stereocenters. The van der Waals surface area contributed by atoms with Crippen molar-refractivity contribution in [3.63, 3.8) is 0 Å². The van der Waals surface area contributed by atoms with E-state index >= 15 is 0 Å². The summed E-state index contributed by atoms with van der Waals surface area (Å²) in [5, 5.41) is 10.3. The fourth-order valence-corrected chi connectivity index (χ4v) is 2.37. The first kappa shape index (κ1) is 10.2. The van der Waals surface area contributed by atoms with E-state index in [0.717, 1.165) is 12.8 Å². The largest absolute Gasteiger partial charge is 0.440 e. The van der Waals surface area contributed by atoms with Crippen molar-refractivity contribution >= 4 is 17.5 Å². The van der Waals surface area contributed by atoms with Crippen LogP contribution in [-0.4, -0.2) is 34.6 Å². The zero-order valence-corrected chi connectivity index (χ0v) is 9.41. The molecule has 0 spiro atoms. The summed E-state index contributed by atoms with van der Waals surface area (Å²) >= 11 is 5.60. The van der Waals surface area contributed by atoms with Gasteiger partial charge in [0, 0.05) is 0 Å². The number of hydrogen-bond donors (Lipinski definition) is 1. The van der Waals surface area contributed by atoms with E-state index in [-0.39, 0.29) is 16.9 Å². The maximum Gasteiger partial charge on any atom is 0.289 e. The topological polar surface area (TPSA) is 53.7 Å². The van der Waals surface area contributed by atoms with Gasteiger partial charge in [-0.15, -0.1) is 0 Å². The minimum Gasteiger partial charge on any atom is -0.440 e. The first-order chi connectivity index (χ1) is 7.58. The van der Waals surface area contributed by atoms with Gasteiger partial charge >= 0.3 is 0 Å². The number of nitrogens with zero attached hydrogens (tertiary/aromatic N) is 1. The lowest BCUT2D eigenvalue weighted by Gasteiger charge is -2.46. The van der Waals surface area contributed by atoms with E-state index in [9.17, 15) is 9.90 Å². The highest BCUT2D eigenvalue weighted by molar-refractivity contribution is 6.29. The standard InChI is InChI=1S/C11H12ClNO3/c12-9-4-3-8(16-9)10(14)13-5-11(15,6-13)7-1-2-7/h3-4,7,15H,1-2,5-6H2. The van der Waals surface area contributed by atoms with E-state index in [4.69, 9.17) is 16.0 Å². The summed E-state index contributed by atoms with van der Waals surface area (Å²) in [5.41, 5.74) is -0.647. The Morgan fingerprint density at radius 3 is 2.69 bits per heavy atom. The van der Waals surface area contributed by atoms with Crippen molar-refractivity contribution in [2.75, 3.05) is 13.1 Å². The number of furan rings is 1. The van der Waals surface area contributed by atoms with Gasteiger partial charge in [0.25, 0.3) is 5.91 Å². The van der Waals surface area contributed by atoms with Gasteiger partial charge < -0.3 is 14.4 Å². The van der Waals surface area contributed by atoms with Crippen LogP contribution in [0, 0.1) is 5.92 Å². The van der Waals surface area contributed by atoms with Crippen molar-refractivity contribution in [3.8, 4) is 0 Å². The van der Waals surface area contributed by atoms with Crippen LogP contribution in [-0.2, 0) is 0 Å².